The fraction of sp³-hybridized carbons (Fsp3) is 0.375. The number of fused-ring (bicyclic) bond motifs is 1. The van der Waals surface area contributed by atoms with Crippen LogP contribution in [0, 0.1) is 5.82 Å². The van der Waals surface area contributed by atoms with Gasteiger partial charge in [0.25, 0.3) is 0 Å². The van der Waals surface area contributed by atoms with Crippen LogP contribution in [0.15, 0.2) is 36.7 Å². The molecule has 120 valence electrons. The molecule has 3 heterocycles. The van der Waals surface area contributed by atoms with Crippen molar-refractivity contribution >= 4 is 11.0 Å². The van der Waals surface area contributed by atoms with Crippen molar-refractivity contribution in [3.8, 4) is 0 Å². The molecule has 0 saturated carbocycles. The van der Waals surface area contributed by atoms with Gasteiger partial charge >= 0.3 is 0 Å². The molecule has 1 unspecified atom stereocenters. The molecule has 1 aliphatic rings. The first-order valence-corrected chi connectivity index (χ1v) is 7.72. The maximum absolute atomic E-state index is 13.7. The number of ether oxygens (including phenoxy) is 1. The van der Waals surface area contributed by atoms with E-state index in [-0.39, 0.29) is 11.9 Å². The van der Waals surface area contributed by atoms with E-state index in [1.807, 2.05) is 23.0 Å². The molecule has 1 N–H and O–H groups in total. The van der Waals surface area contributed by atoms with Crippen LogP contribution in [0.4, 0.5) is 4.39 Å². The van der Waals surface area contributed by atoms with Crippen molar-refractivity contribution in [2.45, 2.75) is 19.2 Å². The quantitative estimate of drug-likeness (QED) is 0.797. The Labute approximate surface area is 132 Å². The van der Waals surface area contributed by atoms with Gasteiger partial charge in [-0.05, 0) is 18.2 Å². The van der Waals surface area contributed by atoms with E-state index in [1.54, 1.807) is 12.3 Å². The summed E-state index contributed by atoms with van der Waals surface area (Å²) in [6.07, 6.45) is 3.80. The summed E-state index contributed by atoms with van der Waals surface area (Å²) in [6.45, 7) is 3.72. The molecule has 1 aromatic carbocycles. The number of halogens is 1. The largest absolute Gasteiger partial charge is 0.374 e. The number of nitrogens with zero attached hydrogens (tertiary/aromatic N) is 4. The summed E-state index contributed by atoms with van der Waals surface area (Å²) in [5.74, 6) is 0.494. The molecule has 0 amide bonds. The molecule has 2 aromatic heterocycles. The van der Waals surface area contributed by atoms with Crippen molar-refractivity contribution < 1.29 is 9.13 Å². The van der Waals surface area contributed by atoms with Crippen molar-refractivity contribution in [1.82, 2.24) is 24.6 Å². The summed E-state index contributed by atoms with van der Waals surface area (Å²) in [6, 6.07) is 6.87. The fourth-order valence-electron chi connectivity index (χ4n) is 2.99. The molecule has 0 radical (unpaired) electrons. The highest BCUT2D eigenvalue weighted by molar-refractivity contribution is 5.75. The first-order valence-electron chi connectivity index (χ1n) is 7.72. The van der Waals surface area contributed by atoms with E-state index < -0.39 is 0 Å². The topological polar surface area (TPSA) is 59.0 Å². The summed E-state index contributed by atoms with van der Waals surface area (Å²) in [5.41, 5.74) is 1.14. The maximum atomic E-state index is 13.7. The Morgan fingerprint density at radius 2 is 2.30 bits per heavy atom. The summed E-state index contributed by atoms with van der Waals surface area (Å²) in [5, 5.41) is 4.22. The molecular weight excluding hydrogens is 297 g/mol. The molecule has 1 fully saturated rings. The van der Waals surface area contributed by atoms with Crippen molar-refractivity contribution in [1.29, 1.82) is 0 Å². The van der Waals surface area contributed by atoms with E-state index in [9.17, 15) is 4.39 Å². The zero-order chi connectivity index (χ0) is 15.6. The highest BCUT2D eigenvalue weighted by Crippen LogP contribution is 2.17. The Morgan fingerprint density at radius 1 is 1.35 bits per heavy atom. The monoisotopic (exact) mass is 315 g/mol. The second kappa shape index (κ2) is 6.10. The van der Waals surface area contributed by atoms with Gasteiger partial charge in [0.15, 0.2) is 5.82 Å². The minimum atomic E-state index is -0.288. The van der Waals surface area contributed by atoms with Gasteiger partial charge in [-0.3, -0.25) is 9.58 Å². The molecule has 1 saturated heterocycles. The number of imidazole rings is 1. The lowest BCUT2D eigenvalue weighted by Gasteiger charge is -2.32. The molecule has 4 rings (SSSR count). The summed E-state index contributed by atoms with van der Waals surface area (Å²) >= 11 is 0. The molecule has 6 nitrogen and oxygen atoms in total. The number of aromatic amines is 1. The third kappa shape index (κ3) is 3.11. The molecule has 7 heteroatoms. The average molecular weight is 315 g/mol. The van der Waals surface area contributed by atoms with Crippen LogP contribution >= 0.6 is 0 Å². The van der Waals surface area contributed by atoms with Crippen molar-refractivity contribution in [3.63, 3.8) is 0 Å². The zero-order valence-corrected chi connectivity index (χ0v) is 12.7. The molecule has 0 aliphatic carbocycles. The lowest BCUT2D eigenvalue weighted by atomic mass is 10.2. The minimum absolute atomic E-state index is 0.102. The van der Waals surface area contributed by atoms with Gasteiger partial charge in [-0.25, -0.2) is 9.37 Å². The van der Waals surface area contributed by atoms with Crippen LogP contribution in [0.25, 0.3) is 11.0 Å². The van der Waals surface area contributed by atoms with Crippen LogP contribution in [0.5, 0.6) is 0 Å². The lowest BCUT2D eigenvalue weighted by molar-refractivity contribution is -0.0408. The molecular formula is C16H18FN5O. The fourth-order valence-corrected chi connectivity index (χ4v) is 2.99. The maximum Gasteiger partial charge on any atom is 0.151 e. The normalized spacial score (nSPS) is 19.4. The third-order valence-corrected chi connectivity index (χ3v) is 4.06. The van der Waals surface area contributed by atoms with Gasteiger partial charge in [0.2, 0.25) is 0 Å². The molecule has 23 heavy (non-hydrogen) atoms. The number of nitrogens with one attached hydrogen (secondary N) is 1. The van der Waals surface area contributed by atoms with E-state index in [4.69, 9.17) is 4.74 Å². The molecule has 0 spiro atoms. The van der Waals surface area contributed by atoms with Crippen molar-refractivity contribution in [3.05, 3.63) is 48.3 Å². The smallest absolute Gasteiger partial charge is 0.151 e. The molecule has 1 atom stereocenters. The Hall–Kier alpha value is -2.25. The van der Waals surface area contributed by atoms with E-state index in [0.717, 1.165) is 31.0 Å². The first kappa shape index (κ1) is 14.3. The second-order valence-corrected chi connectivity index (χ2v) is 5.78. The predicted octanol–water partition coefficient (Wildman–Crippen LogP) is 1.80. The van der Waals surface area contributed by atoms with Gasteiger partial charge in [0.1, 0.15) is 11.3 Å². The summed E-state index contributed by atoms with van der Waals surface area (Å²) in [7, 11) is 0. The van der Waals surface area contributed by atoms with E-state index in [1.165, 1.54) is 6.07 Å². The highest BCUT2D eigenvalue weighted by atomic mass is 19.1. The summed E-state index contributed by atoms with van der Waals surface area (Å²) < 4.78 is 21.4. The van der Waals surface area contributed by atoms with Crippen LogP contribution in [-0.4, -0.2) is 50.4 Å². The van der Waals surface area contributed by atoms with E-state index >= 15 is 0 Å². The summed E-state index contributed by atoms with van der Waals surface area (Å²) in [4.78, 5) is 9.84. The van der Waals surface area contributed by atoms with Crippen molar-refractivity contribution in [2.24, 2.45) is 0 Å². The van der Waals surface area contributed by atoms with Crippen LogP contribution in [0.2, 0.25) is 0 Å². The highest BCUT2D eigenvalue weighted by Gasteiger charge is 2.22. The first-order chi connectivity index (χ1) is 11.3. The lowest BCUT2D eigenvalue weighted by Crippen LogP contribution is -2.43. The van der Waals surface area contributed by atoms with Crippen LogP contribution < -0.4 is 0 Å². The van der Waals surface area contributed by atoms with Gasteiger partial charge in [-0.2, -0.15) is 5.10 Å². The standard InChI is InChI=1S/C16H18FN5O/c17-13-3-1-4-14-16(13)20-15(19-14)11-21-7-8-23-12(9-21)10-22-6-2-5-18-22/h1-6,12H,7-11H2,(H,19,20). The van der Waals surface area contributed by atoms with E-state index in [2.05, 4.69) is 20.0 Å². The number of para-hydroxylation sites is 1. The Kier molecular flexibility index (Phi) is 3.80. The van der Waals surface area contributed by atoms with Gasteiger partial charge in [0, 0.05) is 25.5 Å². The molecule has 0 bridgehead atoms. The Bertz CT molecular complexity index is 785. The van der Waals surface area contributed by atoms with Gasteiger partial charge in [-0.1, -0.05) is 6.07 Å². The Balaban J connectivity index is 1.44. The van der Waals surface area contributed by atoms with Gasteiger partial charge in [-0.15, -0.1) is 0 Å². The van der Waals surface area contributed by atoms with Crippen molar-refractivity contribution in [2.75, 3.05) is 19.7 Å². The second-order valence-electron chi connectivity index (χ2n) is 5.78. The number of aromatic nitrogens is 4. The number of rotatable bonds is 4. The Morgan fingerprint density at radius 3 is 3.13 bits per heavy atom. The zero-order valence-electron chi connectivity index (χ0n) is 12.7. The predicted molar refractivity (Wildman–Crippen MR) is 83.3 cm³/mol. The average Bonchev–Trinajstić information content (AvgIpc) is 3.18. The SMILES string of the molecule is Fc1cccc2[nH]c(CN3CCOC(Cn4cccn4)C3)nc12. The third-order valence-electron chi connectivity index (χ3n) is 4.06. The molecule has 3 aromatic rings. The number of hydrogen-bond acceptors (Lipinski definition) is 4. The van der Waals surface area contributed by atoms with Crippen LogP contribution in [-0.2, 0) is 17.8 Å². The number of morpholine rings is 1. The number of benzene rings is 1. The van der Waals surface area contributed by atoms with Crippen LogP contribution in [0.3, 0.4) is 0 Å². The van der Waals surface area contributed by atoms with Gasteiger partial charge in [0.05, 0.1) is 31.3 Å². The molecule has 1 aliphatic heterocycles. The number of H-pyrrole nitrogens is 1. The van der Waals surface area contributed by atoms with E-state index in [0.29, 0.717) is 18.7 Å². The van der Waals surface area contributed by atoms with Crippen LogP contribution in [0.1, 0.15) is 5.82 Å². The van der Waals surface area contributed by atoms with Gasteiger partial charge < -0.3 is 9.72 Å². The number of hydrogen-bond donors (Lipinski definition) is 1. The minimum Gasteiger partial charge on any atom is -0.374 e.